The molecule has 132 valence electrons. The van der Waals surface area contributed by atoms with Gasteiger partial charge in [0.05, 0.1) is 20.3 Å². The Balaban J connectivity index is 1.78. The van der Waals surface area contributed by atoms with Crippen LogP contribution in [0.3, 0.4) is 0 Å². The van der Waals surface area contributed by atoms with E-state index >= 15 is 0 Å². The summed E-state index contributed by atoms with van der Waals surface area (Å²) in [4.78, 5) is 4.68. The molecule has 0 bridgehead atoms. The van der Waals surface area contributed by atoms with E-state index in [1.165, 1.54) is 5.56 Å². The van der Waals surface area contributed by atoms with Crippen molar-refractivity contribution in [2.24, 2.45) is 0 Å². The van der Waals surface area contributed by atoms with Crippen molar-refractivity contribution in [2.45, 2.75) is 25.9 Å². The number of aryl methyl sites for hydroxylation is 1. The van der Waals surface area contributed by atoms with Crippen molar-refractivity contribution >= 4 is 22.7 Å². The zero-order valence-electron chi connectivity index (χ0n) is 14.6. The van der Waals surface area contributed by atoms with Gasteiger partial charge in [-0.15, -0.1) is 11.3 Å². The van der Waals surface area contributed by atoms with Crippen LogP contribution in [-0.2, 0) is 13.0 Å². The second-order valence-corrected chi connectivity index (χ2v) is 7.44. The zero-order chi connectivity index (χ0) is 17.6. The summed E-state index contributed by atoms with van der Waals surface area (Å²) in [6.07, 6.45) is 0.919. The van der Waals surface area contributed by atoms with Gasteiger partial charge in [0.1, 0.15) is 16.5 Å². The fraction of sp³-hybridized carbons (Fsp3) is 0.316. The van der Waals surface area contributed by atoms with E-state index in [0.717, 1.165) is 34.2 Å². The Bertz CT molecular complexity index is 800. The van der Waals surface area contributed by atoms with Gasteiger partial charge in [0.25, 0.3) is 0 Å². The van der Waals surface area contributed by atoms with Crippen LogP contribution >= 0.6 is 22.7 Å². The van der Waals surface area contributed by atoms with Crippen molar-refractivity contribution in [3.63, 3.8) is 0 Å². The maximum Gasteiger partial charge on any atom is 0.123 e. The molecule has 0 spiro atoms. The maximum atomic E-state index is 5.49. The van der Waals surface area contributed by atoms with Crippen molar-refractivity contribution < 1.29 is 9.47 Å². The van der Waals surface area contributed by atoms with E-state index in [1.54, 1.807) is 36.9 Å². The number of nitrogens with zero attached hydrogens (tertiary/aromatic N) is 1. The Hall–Kier alpha value is -1.89. The number of thiazole rings is 1. The second-order valence-electron chi connectivity index (χ2n) is 5.77. The molecule has 0 saturated carbocycles. The summed E-state index contributed by atoms with van der Waals surface area (Å²) in [6, 6.07) is 8.21. The summed E-state index contributed by atoms with van der Waals surface area (Å²) < 4.78 is 10.8. The molecule has 6 heteroatoms. The third-order valence-electron chi connectivity index (χ3n) is 3.98. The summed E-state index contributed by atoms with van der Waals surface area (Å²) >= 11 is 3.43. The van der Waals surface area contributed by atoms with Gasteiger partial charge in [0, 0.05) is 23.2 Å². The lowest BCUT2D eigenvalue weighted by Crippen LogP contribution is -2.23. The number of hydrogen-bond acceptors (Lipinski definition) is 6. The summed E-state index contributed by atoms with van der Waals surface area (Å²) in [5, 5.41) is 11.2. The minimum Gasteiger partial charge on any atom is -0.497 e. The molecule has 3 aromatic rings. The summed E-state index contributed by atoms with van der Waals surface area (Å²) in [5.74, 6) is 1.69. The van der Waals surface area contributed by atoms with Crippen LogP contribution in [0.15, 0.2) is 40.4 Å². The molecule has 0 aliphatic rings. The molecule has 3 rings (SSSR count). The van der Waals surface area contributed by atoms with E-state index in [9.17, 15) is 0 Å². The minimum absolute atomic E-state index is 0.171. The maximum absolute atomic E-state index is 5.49. The molecule has 2 heterocycles. The van der Waals surface area contributed by atoms with Gasteiger partial charge < -0.3 is 14.8 Å². The average Bonchev–Trinajstić information content (AvgIpc) is 3.29. The van der Waals surface area contributed by atoms with E-state index in [4.69, 9.17) is 9.47 Å². The summed E-state index contributed by atoms with van der Waals surface area (Å²) in [7, 11) is 3.37. The van der Waals surface area contributed by atoms with Gasteiger partial charge in [0.2, 0.25) is 0 Å². The molecule has 0 unspecified atom stereocenters. The zero-order valence-corrected chi connectivity index (χ0v) is 16.2. The van der Waals surface area contributed by atoms with Crippen molar-refractivity contribution in [1.82, 2.24) is 10.3 Å². The molecule has 0 amide bonds. The number of benzene rings is 1. The van der Waals surface area contributed by atoms with Crippen LogP contribution in [0.1, 0.15) is 27.9 Å². The molecular formula is C19H22N2O2S2. The van der Waals surface area contributed by atoms with Gasteiger partial charge in [-0.05, 0) is 53.9 Å². The van der Waals surface area contributed by atoms with E-state index in [0.29, 0.717) is 6.54 Å². The van der Waals surface area contributed by atoms with Crippen LogP contribution in [-0.4, -0.2) is 19.2 Å². The van der Waals surface area contributed by atoms with Crippen LogP contribution in [0, 0.1) is 6.92 Å². The SMILES string of the molecule is COc1ccc(OC)c(CN[C@H](Cc2ccsc2)c2nc(C)cs2)c1. The fourth-order valence-electron chi connectivity index (χ4n) is 2.68. The predicted molar refractivity (Wildman–Crippen MR) is 104 cm³/mol. The molecule has 1 aromatic carbocycles. The van der Waals surface area contributed by atoms with E-state index in [1.807, 2.05) is 25.1 Å². The van der Waals surface area contributed by atoms with Gasteiger partial charge in [-0.2, -0.15) is 11.3 Å². The first kappa shape index (κ1) is 17.9. The number of methoxy groups -OCH3 is 2. The Morgan fingerprint density at radius 2 is 2.04 bits per heavy atom. The van der Waals surface area contributed by atoms with Crippen molar-refractivity contribution in [3.05, 3.63) is 62.2 Å². The van der Waals surface area contributed by atoms with Crippen molar-refractivity contribution in [2.75, 3.05) is 14.2 Å². The van der Waals surface area contributed by atoms with Crippen molar-refractivity contribution in [3.8, 4) is 11.5 Å². The number of hydrogen-bond donors (Lipinski definition) is 1. The average molecular weight is 375 g/mol. The third kappa shape index (κ3) is 4.60. The lowest BCUT2D eigenvalue weighted by atomic mass is 10.1. The van der Waals surface area contributed by atoms with Crippen LogP contribution in [0.2, 0.25) is 0 Å². The summed E-state index contributed by atoms with van der Waals surface area (Å²) in [6.45, 7) is 2.72. The van der Waals surface area contributed by atoms with Crippen molar-refractivity contribution in [1.29, 1.82) is 0 Å². The molecule has 0 aliphatic heterocycles. The molecule has 0 fully saturated rings. The molecule has 1 atom stereocenters. The third-order valence-corrected chi connectivity index (χ3v) is 5.79. The highest BCUT2D eigenvalue weighted by Crippen LogP contribution is 2.27. The Morgan fingerprint density at radius 1 is 1.16 bits per heavy atom. The smallest absolute Gasteiger partial charge is 0.123 e. The van der Waals surface area contributed by atoms with Gasteiger partial charge in [-0.25, -0.2) is 4.98 Å². The highest BCUT2D eigenvalue weighted by Gasteiger charge is 2.17. The van der Waals surface area contributed by atoms with Gasteiger partial charge in [-0.1, -0.05) is 0 Å². The Labute approximate surface area is 156 Å². The standard InChI is InChI=1S/C19H22N2O2S2/c1-13-11-25-19(21-13)17(8-14-6-7-24-12-14)20-10-15-9-16(22-2)4-5-18(15)23-3/h4-7,9,11-12,17,20H,8,10H2,1-3H3/t17-/m1/s1. The van der Waals surface area contributed by atoms with Crippen LogP contribution in [0.25, 0.3) is 0 Å². The number of thiophene rings is 1. The molecule has 2 aromatic heterocycles. The topological polar surface area (TPSA) is 43.4 Å². The van der Waals surface area contributed by atoms with Crippen LogP contribution in [0.4, 0.5) is 0 Å². The fourth-order valence-corrected chi connectivity index (χ4v) is 4.23. The number of aromatic nitrogens is 1. The number of ether oxygens (including phenoxy) is 2. The van der Waals surface area contributed by atoms with E-state index in [2.05, 4.69) is 32.5 Å². The number of rotatable bonds is 8. The van der Waals surface area contributed by atoms with Crippen LogP contribution in [0.5, 0.6) is 11.5 Å². The Kier molecular flexibility index (Phi) is 6.07. The molecule has 0 aliphatic carbocycles. The highest BCUT2D eigenvalue weighted by molar-refractivity contribution is 7.09. The lowest BCUT2D eigenvalue weighted by Gasteiger charge is -2.18. The molecule has 0 radical (unpaired) electrons. The summed E-state index contributed by atoms with van der Waals surface area (Å²) in [5.41, 5.74) is 3.47. The first-order valence-corrected chi connectivity index (χ1v) is 9.89. The largest absolute Gasteiger partial charge is 0.497 e. The highest BCUT2D eigenvalue weighted by atomic mass is 32.1. The monoisotopic (exact) mass is 374 g/mol. The molecule has 0 saturated heterocycles. The van der Waals surface area contributed by atoms with Crippen LogP contribution < -0.4 is 14.8 Å². The Morgan fingerprint density at radius 3 is 2.68 bits per heavy atom. The molecule has 4 nitrogen and oxygen atoms in total. The number of nitrogens with one attached hydrogen (secondary N) is 1. The molecular weight excluding hydrogens is 352 g/mol. The molecule has 25 heavy (non-hydrogen) atoms. The lowest BCUT2D eigenvalue weighted by molar-refractivity contribution is 0.395. The van der Waals surface area contributed by atoms with Gasteiger partial charge in [0.15, 0.2) is 0 Å². The predicted octanol–water partition coefficient (Wildman–Crippen LogP) is 4.60. The first-order valence-electron chi connectivity index (χ1n) is 8.07. The van der Waals surface area contributed by atoms with E-state index < -0.39 is 0 Å². The normalized spacial score (nSPS) is 12.1. The van der Waals surface area contributed by atoms with Gasteiger partial charge >= 0.3 is 0 Å². The minimum atomic E-state index is 0.171. The molecule has 1 N–H and O–H groups in total. The quantitative estimate of drug-likeness (QED) is 0.626. The van der Waals surface area contributed by atoms with E-state index in [-0.39, 0.29) is 6.04 Å². The first-order chi connectivity index (χ1) is 12.2. The van der Waals surface area contributed by atoms with Gasteiger partial charge in [-0.3, -0.25) is 0 Å². The second kappa shape index (κ2) is 8.47.